The zero-order valence-corrected chi connectivity index (χ0v) is 13.5. The second-order valence-electron chi connectivity index (χ2n) is 6.88. The monoisotopic (exact) mass is 274 g/mol. The average molecular weight is 274 g/mol. The molecule has 1 aliphatic rings. The molecule has 2 unspecified atom stereocenters. The zero-order valence-electron chi connectivity index (χ0n) is 13.5. The molecule has 0 spiro atoms. The van der Waals surface area contributed by atoms with Crippen molar-refractivity contribution in [2.24, 2.45) is 11.1 Å². The van der Waals surface area contributed by atoms with Crippen molar-refractivity contribution in [3.8, 4) is 0 Å². The molecule has 0 bridgehead atoms. The number of piperidine rings is 1. The van der Waals surface area contributed by atoms with Crippen molar-refractivity contribution in [2.75, 3.05) is 13.1 Å². The number of hydrogen-bond acceptors (Lipinski definition) is 2. The normalized spacial score (nSPS) is 22.4. The highest BCUT2D eigenvalue weighted by Crippen LogP contribution is 2.35. The third-order valence-electron chi connectivity index (χ3n) is 5.42. The molecule has 20 heavy (non-hydrogen) atoms. The van der Waals surface area contributed by atoms with Gasteiger partial charge in [-0.05, 0) is 50.8 Å². The van der Waals surface area contributed by atoms with E-state index in [0.717, 1.165) is 0 Å². The van der Waals surface area contributed by atoms with Crippen molar-refractivity contribution >= 4 is 0 Å². The molecule has 2 heteroatoms. The van der Waals surface area contributed by atoms with Gasteiger partial charge in [0.2, 0.25) is 0 Å². The first kappa shape index (κ1) is 15.5. The van der Waals surface area contributed by atoms with Crippen LogP contribution in [0.4, 0.5) is 0 Å². The van der Waals surface area contributed by atoms with Crippen LogP contribution in [-0.4, -0.2) is 24.0 Å². The first-order valence-corrected chi connectivity index (χ1v) is 8.01. The van der Waals surface area contributed by atoms with E-state index in [1.807, 2.05) is 0 Å². The van der Waals surface area contributed by atoms with Gasteiger partial charge in [-0.25, -0.2) is 0 Å². The maximum absolute atomic E-state index is 6.48. The van der Waals surface area contributed by atoms with Crippen molar-refractivity contribution in [1.82, 2.24) is 4.90 Å². The van der Waals surface area contributed by atoms with Gasteiger partial charge in [0.05, 0.1) is 0 Å². The van der Waals surface area contributed by atoms with Gasteiger partial charge in [-0.2, -0.15) is 0 Å². The largest absolute Gasteiger partial charge is 0.323 e. The zero-order chi connectivity index (χ0) is 14.8. The fourth-order valence-corrected chi connectivity index (χ4v) is 3.12. The molecule has 2 nitrogen and oxygen atoms in total. The molecule has 1 fully saturated rings. The summed E-state index contributed by atoms with van der Waals surface area (Å²) < 4.78 is 0. The van der Waals surface area contributed by atoms with Crippen LogP contribution in [0, 0.1) is 12.3 Å². The Labute approximate surface area is 124 Å². The molecule has 1 aromatic rings. The minimum atomic E-state index is 0.113. The van der Waals surface area contributed by atoms with Gasteiger partial charge in [0.1, 0.15) is 0 Å². The van der Waals surface area contributed by atoms with Gasteiger partial charge in [-0.1, -0.05) is 50.1 Å². The topological polar surface area (TPSA) is 29.3 Å². The molecule has 2 rings (SSSR count). The van der Waals surface area contributed by atoms with Gasteiger partial charge in [-0.15, -0.1) is 0 Å². The van der Waals surface area contributed by atoms with E-state index in [4.69, 9.17) is 5.73 Å². The SMILES string of the molecule is CCC1(C)CCN(C(C)C(N)c2ccc(C)cc2)CC1. The van der Waals surface area contributed by atoms with Crippen molar-refractivity contribution in [3.63, 3.8) is 0 Å². The van der Waals surface area contributed by atoms with Crippen LogP contribution in [0.5, 0.6) is 0 Å². The number of hydrogen-bond donors (Lipinski definition) is 1. The van der Waals surface area contributed by atoms with Crippen LogP contribution in [0.3, 0.4) is 0 Å². The summed E-state index contributed by atoms with van der Waals surface area (Å²) in [6.07, 6.45) is 3.89. The molecule has 1 saturated heterocycles. The standard InChI is InChI=1S/C18H30N2/c1-5-18(4)10-12-20(13-11-18)15(3)17(19)16-8-6-14(2)7-9-16/h6-9,15,17H,5,10-13,19H2,1-4H3. The lowest BCUT2D eigenvalue weighted by molar-refractivity contribution is 0.0770. The molecule has 2 N–H and O–H groups in total. The van der Waals surface area contributed by atoms with E-state index in [1.54, 1.807) is 0 Å². The second kappa shape index (κ2) is 6.28. The van der Waals surface area contributed by atoms with E-state index >= 15 is 0 Å². The van der Waals surface area contributed by atoms with Gasteiger partial charge in [0, 0.05) is 12.1 Å². The summed E-state index contributed by atoms with van der Waals surface area (Å²) in [6, 6.07) is 9.20. The van der Waals surface area contributed by atoms with Crippen molar-refractivity contribution in [3.05, 3.63) is 35.4 Å². The highest BCUT2D eigenvalue weighted by Gasteiger charge is 2.31. The Morgan fingerprint density at radius 2 is 1.75 bits per heavy atom. The van der Waals surface area contributed by atoms with Gasteiger partial charge < -0.3 is 5.73 Å². The molecule has 0 amide bonds. The minimum absolute atomic E-state index is 0.113. The fraction of sp³-hybridized carbons (Fsp3) is 0.667. The number of benzene rings is 1. The van der Waals surface area contributed by atoms with E-state index < -0.39 is 0 Å². The number of rotatable bonds is 4. The maximum Gasteiger partial charge on any atom is 0.0450 e. The van der Waals surface area contributed by atoms with Crippen LogP contribution in [0.1, 0.15) is 57.2 Å². The van der Waals surface area contributed by atoms with Crippen LogP contribution < -0.4 is 5.73 Å². The molecule has 112 valence electrons. The first-order valence-electron chi connectivity index (χ1n) is 8.01. The molecular weight excluding hydrogens is 244 g/mol. The smallest absolute Gasteiger partial charge is 0.0450 e. The Balaban J connectivity index is 1.98. The Morgan fingerprint density at radius 3 is 2.25 bits per heavy atom. The van der Waals surface area contributed by atoms with Gasteiger partial charge in [0.25, 0.3) is 0 Å². The predicted octanol–water partition coefficient (Wildman–Crippen LogP) is 3.90. The number of aryl methyl sites for hydroxylation is 1. The molecule has 0 aliphatic carbocycles. The lowest BCUT2D eigenvalue weighted by atomic mass is 9.77. The summed E-state index contributed by atoms with van der Waals surface area (Å²) in [5, 5.41) is 0. The van der Waals surface area contributed by atoms with Crippen LogP contribution in [0.25, 0.3) is 0 Å². The van der Waals surface area contributed by atoms with Crippen molar-refractivity contribution < 1.29 is 0 Å². The van der Waals surface area contributed by atoms with E-state index in [0.29, 0.717) is 11.5 Å². The third kappa shape index (κ3) is 3.42. The molecule has 0 radical (unpaired) electrons. The summed E-state index contributed by atoms with van der Waals surface area (Å²) in [5.74, 6) is 0. The summed E-state index contributed by atoms with van der Waals surface area (Å²) in [6.45, 7) is 11.5. The third-order valence-corrected chi connectivity index (χ3v) is 5.42. The summed E-state index contributed by atoms with van der Waals surface area (Å²) in [7, 11) is 0. The molecule has 1 heterocycles. The lowest BCUT2D eigenvalue weighted by Gasteiger charge is -2.43. The number of nitrogens with two attached hydrogens (primary N) is 1. The fourth-order valence-electron chi connectivity index (χ4n) is 3.12. The molecule has 0 aromatic heterocycles. The van der Waals surface area contributed by atoms with Gasteiger partial charge in [-0.3, -0.25) is 4.90 Å². The van der Waals surface area contributed by atoms with Crippen LogP contribution in [-0.2, 0) is 0 Å². The Morgan fingerprint density at radius 1 is 1.20 bits per heavy atom. The minimum Gasteiger partial charge on any atom is -0.323 e. The van der Waals surface area contributed by atoms with E-state index in [9.17, 15) is 0 Å². The molecule has 1 aliphatic heterocycles. The lowest BCUT2D eigenvalue weighted by Crippen LogP contribution is -2.47. The van der Waals surface area contributed by atoms with Crippen molar-refractivity contribution in [1.29, 1.82) is 0 Å². The highest BCUT2D eigenvalue weighted by molar-refractivity contribution is 5.24. The Bertz CT molecular complexity index is 416. The number of likely N-dealkylation sites (tertiary alicyclic amines) is 1. The Hall–Kier alpha value is -0.860. The van der Waals surface area contributed by atoms with Gasteiger partial charge >= 0.3 is 0 Å². The molecule has 1 aromatic carbocycles. The summed E-state index contributed by atoms with van der Waals surface area (Å²) >= 11 is 0. The van der Waals surface area contributed by atoms with E-state index in [-0.39, 0.29) is 6.04 Å². The van der Waals surface area contributed by atoms with Crippen LogP contribution in [0.15, 0.2) is 24.3 Å². The van der Waals surface area contributed by atoms with Crippen LogP contribution >= 0.6 is 0 Å². The first-order chi connectivity index (χ1) is 9.45. The quantitative estimate of drug-likeness (QED) is 0.902. The van der Waals surface area contributed by atoms with Crippen LogP contribution in [0.2, 0.25) is 0 Å². The van der Waals surface area contributed by atoms with E-state index in [1.165, 1.54) is 43.5 Å². The summed E-state index contributed by atoms with van der Waals surface area (Å²) in [5.41, 5.74) is 9.58. The second-order valence-corrected chi connectivity index (χ2v) is 6.88. The molecule has 0 saturated carbocycles. The summed E-state index contributed by atoms with van der Waals surface area (Å²) in [4.78, 5) is 2.57. The Kier molecular flexibility index (Phi) is 4.87. The number of nitrogens with zero attached hydrogens (tertiary/aromatic N) is 1. The molecular formula is C18H30N2. The van der Waals surface area contributed by atoms with Gasteiger partial charge in [0.15, 0.2) is 0 Å². The van der Waals surface area contributed by atoms with Crippen molar-refractivity contribution in [2.45, 2.75) is 59.0 Å². The predicted molar refractivity (Wildman–Crippen MR) is 86.8 cm³/mol. The molecule has 2 atom stereocenters. The highest BCUT2D eigenvalue weighted by atomic mass is 15.2. The van der Waals surface area contributed by atoms with E-state index in [2.05, 4.69) is 56.9 Å². The average Bonchev–Trinajstić information content (AvgIpc) is 2.47. The maximum atomic E-state index is 6.48.